The first-order chi connectivity index (χ1) is 10.2. The van der Waals surface area contributed by atoms with Crippen LogP contribution in [-0.4, -0.2) is 21.7 Å². The van der Waals surface area contributed by atoms with E-state index in [9.17, 15) is 0 Å². The van der Waals surface area contributed by atoms with Gasteiger partial charge in [0.25, 0.3) is 0 Å². The molecule has 1 aliphatic heterocycles. The van der Waals surface area contributed by atoms with Gasteiger partial charge in [-0.2, -0.15) is 4.98 Å². The van der Waals surface area contributed by atoms with E-state index in [-0.39, 0.29) is 5.54 Å². The van der Waals surface area contributed by atoms with Gasteiger partial charge in [-0.1, -0.05) is 29.4 Å². The summed E-state index contributed by atoms with van der Waals surface area (Å²) in [5.41, 5.74) is 1.47. The summed E-state index contributed by atoms with van der Waals surface area (Å²) in [6, 6.07) is 12.0. The van der Waals surface area contributed by atoms with Crippen LogP contribution in [0.2, 0.25) is 0 Å². The van der Waals surface area contributed by atoms with Crippen molar-refractivity contribution in [2.24, 2.45) is 0 Å². The fraction of sp³-hybridized carbons (Fsp3) is 0.312. The third-order valence-corrected chi connectivity index (χ3v) is 4.09. The molecule has 0 bridgehead atoms. The number of aromatic nitrogens is 3. The van der Waals surface area contributed by atoms with Crippen LogP contribution >= 0.6 is 0 Å². The highest BCUT2D eigenvalue weighted by molar-refractivity contribution is 5.80. The minimum absolute atomic E-state index is 0.206. The predicted octanol–water partition coefficient (Wildman–Crippen LogP) is 2.88. The summed E-state index contributed by atoms with van der Waals surface area (Å²) in [5, 5.41) is 8.63. The maximum absolute atomic E-state index is 5.45. The molecule has 1 atom stereocenters. The number of pyridine rings is 1. The average molecular weight is 280 g/mol. The maximum Gasteiger partial charge on any atom is 0.247 e. The molecule has 1 N–H and O–H groups in total. The summed E-state index contributed by atoms with van der Waals surface area (Å²) >= 11 is 0. The van der Waals surface area contributed by atoms with Crippen molar-refractivity contribution in [2.45, 2.75) is 25.3 Å². The third-order valence-electron chi connectivity index (χ3n) is 4.09. The lowest BCUT2D eigenvalue weighted by molar-refractivity contribution is 0.275. The molecule has 1 aliphatic rings. The Morgan fingerprint density at radius 2 is 2.05 bits per heavy atom. The van der Waals surface area contributed by atoms with Crippen molar-refractivity contribution in [1.82, 2.24) is 20.4 Å². The fourth-order valence-corrected chi connectivity index (χ4v) is 2.82. The lowest BCUT2D eigenvalue weighted by atomic mass is 10.0. The number of rotatable bonds is 2. The first-order valence-corrected chi connectivity index (χ1v) is 7.20. The molecule has 1 aromatic carbocycles. The summed E-state index contributed by atoms with van der Waals surface area (Å²) in [5.74, 6) is 1.19. The van der Waals surface area contributed by atoms with Crippen LogP contribution in [-0.2, 0) is 5.54 Å². The normalized spacial score (nSPS) is 22.0. The van der Waals surface area contributed by atoms with Crippen molar-refractivity contribution in [3.8, 4) is 11.5 Å². The smallest absolute Gasteiger partial charge is 0.247 e. The number of hydrogen-bond acceptors (Lipinski definition) is 5. The molecule has 0 spiro atoms. The van der Waals surface area contributed by atoms with Crippen LogP contribution in [0.25, 0.3) is 22.4 Å². The summed E-state index contributed by atoms with van der Waals surface area (Å²) in [6.45, 7) is 3.09. The van der Waals surface area contributed by atoms with E-state index in [0.29, 0.717) is 11.7 Å². The molecule has 0 saturated carbocycles. The van der Waals surface area contributed by atoms with E-state index < -0.39 is 0 Å². The molecule has 0 radical (unpaired) electrons. The first-order valence-electron chi connectivity index (χ1n) is 7.20. The molecule has 5 heteroatoms. The molecule has 5 nitrogen and oxygen atoms in total. The topological polar surface area (TPSA) is 63.8 Å². The van der Waals surface area contributed by atoms with E-state index >= 15 is 0 Å². The Labute approximate surface area is 122 Å². The van der Waals surface area contributed by atoms with Gasteiger partial charge in [0, 0.05) is 5.39 Å². The molecule has 3 aromatic rings. The molecule has 2 aromatic heterocycles. The highest BCUT2D eigenvalue weighted by Gasteiger charge is 2.35. The molecule has 106 valence electrons. The van der Waals surface area contributed by atoms with Gasteiger partial charge in [-0.15, -0.1) is 0 Å². The minimum atomic E-state index is -0.206. The Kier molecular flexibility index (Phi) is 2.75. The van der Waals surface area contributed by atoms with Gasteiger partial charge >= 0.3 is 0 Å². The van der Waals surface area contributed by atoms with Gasteiger partial charge < -0.3 is 9.84 Å². The first kappa shape index (κ1) is 12.5. The van der Waals surface area contributed by atoms with E-state index in [1.165, 1.54) is 0 Å². The van der Waals surface area contributed by atoms with Crippen LogP contribution in [0, 0.1) is 0 Å². The van der Waals surface area contributed by atoms with Crippen LogP contribution in [0.3, 0.4) is 0 Å². The molecule has 1 fully saturated rings. The average Bonchev–Trinajstić information content (AvgIpc) is 3.17. The van der Waals surface area contributed by atoms with Crippen molar-refractivity contribution in [3.63, 3.8) is 0 Å². The number of hydrogen-bond donors (Lipinski definition) is 1. The van der Waals surface area contributed by atoms with E-state index in [0.717, 1.165) is 36.0 Å². The summed E-state index contributed by atoms with van der Waals surface area (Å²) in [7, 11) is 0. The van der Waals surface area contributed by atoms with Crippen molar-refractivity contribution in [3.05, 3.63) is 42.3 Å². The zero-order chi connectivity index (χ0) is 14.3. The quantitative estimate of drug-likeness (QED) is 0.782. The van der Waals surface area contributed by atoms with Crippen LogP contribution in [0.1, 0.15) is 25.7 Å². The molecule has 0 amide bonds. The van der Waals surface area contributed by atoms with Gasteiger partial charge in [0.15, 0.2) is 0 Å². The van der Waals surface area contributed by atoms with E-state index in [2.05, 4.69) is 27.4 Å². The lowest BCUT2D eigenvalue weighted by Gasteiger charge is -2.18. The second kappa shape index (κ2) is 4.63. The van der Waals surface area contributed by atoms with Gasteiger partial charge in [-0.25, -0.2) is 4.98 Å². The van der Waals surface area contributed by atoms with Gasteiger partial charge in [-0.3, -0.25) is 0 Å². The minimum Gasteiger partial charge on any atom is -0.337 e. The standard InChI is InChI=1S/C16H16N4O/c1-16(9-4-10-17-16)15-19-14(20-21-15)13-8-7-11-5-2-3-6-12(11)18-13/h2-3,5-8,17H,4,9-10H2,1H3. The number of para-hydroxylation sites is 1. The second-order valence-corrected chi connectivity index (χ2v) is 5.67. The molecule has 1 saturated heterocycles. The Balaban J connectivity index is 1.73. The summed E-state index contributed by atoms with van der Waals surface area (Å²) in [6.07, 6.45) is 2.14. The molecule has 3 heterocycles. The van der Waals surface area contributed by atoms with Gasteiger partial charge in [-0.05, 0) is 38.4 Å². The monoisotopic (exact) mass is 280 g/mol. The van der Waals surface area contributed by atoms with Crippen LogP contribution in [0.5, 0.6) is 0 Å². The molecule has 4 rings (SSSR count). The fourth-order valence-electron chi connectivity index (χ4n) is 2.82. The van der Waals surface area contributed by atoms with Crippen molar-refractivity contribution in [2.75, 3.05) is 6.54 Å². The van der Waals surface area contributed by atoms with Crippen molar-refractivity contribution in [1.29, 1.82) is 0 Å². The number of benzene rings is 1. The number of nitrogens with one attached hydrogen (secondary N) is 1. The summed E-state index contributed by atoms with van der Waals surface area (Å²) < 4.78 is 5.45. The Bertz CT molecular complexity index is 790. The molecular weight excluding hydrogens is 264 g/mol. The largest absolute Gasteiger partial charge is 0.337 e. The molecule has 21 heavy (non-hydrogen) atoms. The second-order valence-electron chi connectivity index (χ2n) is 5.67. The van der Waals surface area contributed by atoms with Gasteiger partial charge in [0.2, 0.25) is 11.7 Å². The SMILES string of the molecule is CC1(c2nc(-c3ccc4ccccc4n3)no2)CCCN1. The van der Waals surface area contributed by atoms with E-state index in [4.69, 9.17) is 4.52 Å². The number of nitrogens with zero attached hydrogens (tertiary/aromatic N) is 3. The zero-order valence-corrected chi connectivity index (χ0v) is 11.8. The third kappa shape index (κ3) is 2.10. The zero-order valence-electron chi connectivity index (χ0n) is 11.8. The van der Waals surface area contributed by atoms with Gasteiger partial charge in [0.1, 0.15) is 5.69 Å². The maximum atomic E-state index is 5.45. The molecule has 0 aliphatic carbocycles. The van der Waals surface area contributed by atoms with E-state index in [1.807, 2.05) is 36.4 Å². The van der Waals surface area contributed by atoms with Crippen molar-refractivity contribution < 1.29 is 4.52 Å². The highest BCUT2D eigenvalue weighted by Crippen LogP contribution is 2.30. The Hall–Kier alpha value is -2.27. The summed E-state index contributed by atoms with van der Waals surface area (Å²) in [4.78, 5) is 9.14. The molecule has 1 unspecified atom stereocenters. The predicted molar refractivity (Wildman–Crippen MR) is 79.6 cm³/mol. The highest BCUT2D eigenvalue weighted by atomic mass is 16.5. The van der Waals surface area contributed by atoms with E-state index in [1.54, 1.807) is 0 Å². The van der Waals surface area contributed by atoms with Gasteiger partial charge in [0.05, 0.1) is 11.1 Å². The Morgan fingerprint density at radius 3 is 2.90 bits per heavy atom. The number of fused-ring (bicyclic) bond motifs is 1. The van der Waals surface area contributed by atoms with Crippen LogP contribution < -0.4 is 5.32 Å². The lowest BCUT2D eigenvalue weighted by Crippen LogP contribution is -2.33. The molecular formula is C16H16N4O. The van der Waals surface area contributed by atoms with Crippen LogP contribution in [0.4, 0.5) is 0 Å². The van der Waals surface area contributed by atoms with Crippen LogP contribution in [0.15, 0.2) is 40.9 Å². The Morgan fingerprint density at radius 1 is 1.14 bits per heavy atom. The van der Waals surface area contributed by atoms with Crippen molar-refractivity contribution >= 4 is 10.9 Å².